The van der Waals surface area contributed by atoms with E-state index in [9.17, 15) is 10.1 Å². The molecule has 0 saturated carbocycles. The molecule has 0 radical (unpaired) electrons. The summed E-state index contributed by atoms with van der Waals surface area (Å²) < 4.78 is 1.36. The van der Waals surface area contributed by atoms with Crippen LogP contribution in [0.1, 0.15) is 5.56 Å². The number of hydrogen-bond acceptors (Lipinski definition) is 4. The van der Waals surface area contributed by atoms with E-state index >= 15 is 0 Å². The van der Waals surface area contributed by atoms with E-state index in [0.29, 0.717) is 5.78 Å². The molecule has 0 aromatic carbocycles. The fourth-order valence-corrected chi connectivity index (χ4v) is 1.09. The summed E-state index contributed by atoms with van der Waals surface area (Å²) in [5.41, 5.74) is 0.855. The molecule has 2 rings (SSSR count). The van der Waals surface area contributed by atoms with E-state index in [1.54, 1.807) is 12.4 Å². The zero-order chi connectivity index (χ0) is 9.42. The minimum atomic E-state index is -0.485. The zero-order valence-electron chi connectivity index (χ0n) is 6.84. The predicted molar refractivity (Wildman–Crippen MR) is 44.4 cm³/mol. The van der Waals surface area contributed by atoms with Gasteiger partial charge < -0.3 is 10.1 Å². The van der Waals surface area contributed by atoms with Gasteiger partial charge in [-0.25, -0.2) is 0 Å². The van der Waals surface area contributed by atoms with Gasteiger partial charge in [0.25, 0.3) is 0 Å². The highest BCUT2D eigenvalue weighted by Gasteiger charge is 2.13. The molecule has 0 spiro atoms. The van der Waals surface area contributed by atoms with E-state index in [4.69, 9.17) is 0 Å². The van der Waals surface area contributed by atoms with Gasteiger partial charge in [-0.15, -0.1) is 0 Å². The molecule has 0 atom stereocenters. The molecule has 0 N–H and O–H groups in total. The molecule has 6 nitrogen and oxygen atoms in total. The van der Waals surface area contributed by atoms with E-state index in [1.807, 2.05) is 6.92 Å². The maximum atomic E-state index is 10.5. The Balaban J connectivity index is 2.79. The molecule has 0 aliphatic carbocycles. The molecule has 6 heteroatoms. The van der Waals surface area contributed by atoms with Crippen molar-refractivity contribution in [2.45, 2.75) is 6.92 Å². The Morgan fingerprint density at radius 3 is 2.85 bits per heavy atom. The van der Waals surface area contributed by atoms with Crippen LogP contribution in [0.15, 0.2) is 18.6 Å². The molecule has 2 aromatic heterocycles. The lowest BCUT2D eigenvalue weighted by molar-refractivity contribution is -0.390. The molecular formula is C7H6N4O2. The Labute approximate surface area is 73.0 Å². The molecule has 0 amide bonds. The SMILES string of the molecule is Cc1cnc2ncc([N+](=O)[O-])n2c1. The molecule has 2 aromatic rings. The van der Waals surface area contributed by atoms with Crippen LogP contribution in [0.3, 0.4) is 0 Å². The van der Waals surface area contributed by atoms with Crippen molar-refractivity contribution in [1.82, 2.24) is 14.4 Å². The van der Waals surface area contributed by atoms with E-state index < -0.39 is 4.92 Å². The number of rotatable bonds is 1. The van der Waals surface area contributed by atoms with Gasteiger partial charge in [0, 0.05) is 11.8 Å². The Morgan fingerprint density at radius 1 is 1.46 bits per heavy atom. The number of aromatic nitrogens is 3. The highest BCUT2D eigenvalue weighted by Crippen LogP contribution is 2.12. The first kappa shape index (κ1) is 7.66. The van der Waals surface area contributed by atoms with E-state index in [-0.39, 0.29) is 5.82 Å². The number of fused-ring (bicyclic) bond motifs is 1. The van der Waals surface area contributed by atoms with Crippen molar-refractivity contribution < 1.29 is 4.92 Å². The topological polar surface area (TPSA) is 73.3 Å². The molecule has 2 heterocycles. The van der Waals surface area contributed by atoms with Crippen LogP contribution in [-0.4, -0.2) is 19.3 Å². The minimum Gasteiger partial charge on any atom is -0.358 e. The summed E-state index contributed by atoms with van der Waals surface area (Å²) in [7, 11) is 0. The Morgan fingerprint density at radius 2 is 2.15 bits per heavy atom. The van der Waals surface area contributed by atoms with Crippen LogP contribution < -0.4 is 0 Å². The number of imidazole rings is 1. The maximum absolute atomic E-state index is 10.5. The second-order valence-corrected chi connectivity index (χ2v) is 2.67. The third-order valence-electron chi connectivity index (χ3n) is 1.66. The normalized spacial score (nSPS) is 10.5. The van der Waals surface area contributed by atoms with Gasteiger partial charge in [0.2, 0.25) is 0 Å². The lowest BCUT2D eigenvalue weighted by atomic mass is 10.4. The van der Waals surface area contributed by atoms with Crippen molar-refractivity contribution in [2.24, 2.45) is 0 Å². The number of hydrogen-bond donors (Lipinski definition) is 0. The van der Waals surface area contributed by atoms with Crippen molar-refractivity contribution in [1.29, 1.82) is 0 Å². The van der Waals surface area contributed by atoms with E-state index in [0.717, 1.165) is 5.56 Å². The van der Waals surface area contributed by atoms with Crippen molar-refractivity contribution in [3.8, 4) is 0 Å². The average Bonchev–Trinajstić information content (AvgIpc) is 2.46. The zero-order valence-corrected chi connectivity index (χ0v) is 6.84. The van der Waals surface area contributed by atoms with Crippen LogP contribution in [0.25, 0.3) is 5.78 Å². The largest absolute Gasteiger partial charge is 0.358 e. The van der Waals surface area contributed by atoms with Gasteiger partial charge in [-0.1, -0.05) is 0 Å². The molecule has 13 heavy (non-hydrogen) atoms. The van der Waals surface area contributed by atoms with Crippen LogP contribution in [0.4, 0.5) is 5.82 Å². The van der Waals surface area contributed by atoms with Crippen LogP contribution in [0, 0.1) is 17.0 Å². The number of nitro groups is 1. The Hall–Kier alpha value is -1.98. The average molecular weight is 178 g/mol. The molecule has 0 bridgehead atoms. The van der Waals surface area contributed by atoms with Gasteiger partial charge in [-0.05, 0) is 11.8 Å². The highest BCUT2D eigenvalue weighted by molar-refractivity contribution is 5.38. The summed E-state index contributed by atoms with van der Waals surface area (Å²) >= 11 is 0. The summed E-state index contributed by atoms with van der Waals surface area (Å²) in [4.78, 5) is 17.7. The van der Waals surface area contributed by atoms with Gasteiger partial charge in [-0.2, -0.15) is 14.4 Å². The van der Waals surface area contributed by atoms with Gasteiger partial charge in [0.05, 0.1) is 0 Å². The first-order valence-corrected chi connectivity index (χ1v) is 3.62. The molecule has 0 aliphatic heterocycles. The van der Waals surface area contributed by atoms with Crippen molar-refractivity contribution >= 4 is 11.6 Å². The summed E-state index contributed by atoms with van der Waals surface area (Å²) in [6, 6.07) is 0. The van der Waals surface area contributed by atoms with Gasteiger partial charge >= 0.3 is 11.6 Å². The van der Waals surface area contributed by atoms with Crippen molar-refractivity contribution in [2.75, 3.05) is 0 Å². The lowest BCUT2D eigenvalue weighted by Crippen LogP contribution is -1.95. The second kappa shape index (κ2) is 2.51. The summed E-state index contributed by atoms with van der Waals surface area (Å²) in [6.45, 7) is 1.82. The first-order chi connectivity index (χ1) is 6.18. The van der Waals surface area contributed by atoms with Crippen LogP contribution in [-0.2, 0) is 0 Å². The van der Waals surface area contributed by atoms with Gasteiger partial charge in [0.15, 0.2) is 0 Å². The Bertz CT molecular complexity index is 476. The van der Waals surface area contributed by atoms with E-state index in [2.05, 4.69) is 9.97 Å². The smallest absolute Gasteiger partial charge is 0.349 e. The van der Waals surface area contributed by atoms with Crippen LogP contribution >= 0.6 is 0 Å². The standard InChI is InChI=1S/C7H6N4O2/c1-5-2-8-7-9-3-6(11(12)13)10(7)4-5/h2-4H,1H3. The van der Waals surface area contributed by atoms with Gasteiger partial charge in [0.1, 0.15) is 12.4 Å². The van der Waals surface area contributed by atoms with Crippen LogP contribution in [0.5, 0.6) is 0 Å². The molecule has 66 valence electrons. The van der Waals surface area contributed by atoms with Gasteiger partial charge in [-0.3, -0.25) is 0 Å². The number of nitrogens with zero attached hydrogens (tertiary/aromatic N) is 4. The summed E-state index contributed by atoms with van der Waals surface area (Å²) in [5.74, 6) is 0.281. The number of aryl methyl sites for hydroxylation is 1. The third-order valence-corrected chi connectivity index (χ3v) is 1.66. The molecule has 0 saturated heterocycles. The quantitative estimate of drug-likeness (QED) is 0.481. The third kappa shape index (κ3) is 1.12. The molecule has 0 unspecified atom stereocenters. The summed E-state index contributed by atoms with van der Waals surface area (Å²) in [5, 5.41) is 10.5. The monoisotopic (exact) mass is 178 g/mol. The summed E-state index contributed by atoms with van der Waals surface area (Å²) in [6.07, 6.45) is 4.45. The van der Waals surface area contributed by atoms with Crippen molar-refractivity contribution in [3.63, 3.8) is 0 Å². The second-order valence-electron chi connectivity index (χ2n) is 2.67. The fraction of sp³-hybridized carbons (Fsp3) is 0.143. The molecule has 0 aliphatic rings. The Kier molecular flexibility index (Phi) is 1.48. The maximum Gasteiger partial charge on any atom is 0.349 e. The van der Waals surface area contributed by atoms with Crippen molar-refractivity contribution in [3.05, 3.63) is 34.3 Å². The first-order valence-electron chi connectivity index (χ1n) is 3.62. The van der Waals surface area contributed by atoms with Crippen LogP contribution in [0.2, 0.25) is 0 Å². The molecular weight excluding hydrogens is 172 g/mol. The van der Waals surface area contributed by atoms with E-state index in [1.165, 1.54) is 10.6 Å². The lowest BCUT2D eigenvalue weighted by Gasteiger charge is -1.92. The minimum absolute atomic E-state index is 0.0637. The fourth-order valence-electron chi connectivity index (χ4n) is 1.09. The predicted octanol–water partition coefficient (Wildman–Crippen LogP) is 0.946. The highest BCUT2D eigenvalue weighted by atomic mass is 16.6. The molecule has 0 fully saturated rings.